The fourth-order valence-corrected chi connectivity index (χ4v) is 2.25. The van der Waals surface area contributed by atoms with E-state index < -0.39 is 0 Å². The van der Waals surface area contributed by atoms with Crippen LogP contribution in [0.5, 0.6) is 0 Å². The van der Waals surface area contributed by atoms with Crippen molar-refractivity contribution >= 4 is 23.3 Å². The Morgan fingerprint density at radius 3 is 2.88 bits per heavy atom. The monoisotopic (exact) mass is 253 g/mol. The predicted molar refractivity (Wildman–Crippen MR) is 66.9 cm³/mol. The Balaban J connectivity index is 2.17. The van der Waals surface area contributed by atoms with Crippen molar-refractivity contribution < 1.29 is 0 Å². The summed E-state index contributed by atoms with van der Waals surface area (Å²) in [6, 6.07) is 8.03. The van der Waals surface area contributed by atoms with Crippen molar-refractivity contribution in [2.24, 2.45) is 0 Å². The average molecular weight is 254 g/mol. The molecule has 0 saturated heterocycles. The summed E-state index contributed by atoms with van der Waals surface area (Å²) in [5.41, 5.74) is 2.09. The van der Waals surface area contributed by atoms with Gasteiger partial charge in [0.1, 0.15) is 0 Å². The van der Waals surface area contributed by atoms with Gasteiger partial charge in [0.2, 0.25) is 0 Å². The van der Waals surface area contributed by atoms with Gasteiger partial charge >= 0.3 is 0 Å². The maximum absolute atomic E-state index is 6.13. The van der Waals surface area contributed by atoms with Gasteiger partial charge in [-0.3, -0.25) is 0 Å². The number of hydrogen-bond acceptors (Lipinski definition) is 4. The largest absolute Gasteiger partial charge is 0.311 e. The van der Waals surface area contributed by atoms with Crippen LogP contribution in [-0.4, -0.2) is 15.8 Å². The summed E-state index contributed by atoms with van der Waals surface area (Å²) >= 11 is 7.35. The Bertz CT molecular complexity index is 444. The zero-order valence-electron chi connectivity index (χ0n) is 8.85. The van der Waals surface area contributed by atoms with Gasteiger partial charge in [0.25, 0.3) is 0 Å². The van der Waals surface area contributed by atoms with Crippen LogP contribution in [0.15, 0.2) is 30.5 Å². The fourth-order valence-electron chi connectivity index (χ4n) is 1.56. The van der Waals surface area contributed by atoms with Crippen molar-refractivity contribution in [3.05, 3.63) is 46.7 Å². The Hall–Kier alpha value is -0.970. The number of halogens is 1. The summed E-state index contributed by atoms with van der Waals surface area (Å²) in [7, 11) is 1.92. The minimum atomic E-state index is 0.165. The fraction of sp³-hybridized carbons (Fsp3) is 0.273. The van der Waals surface area contributed by atoms with Crippen molar-refractivity contribution in [1.29, 1.82) is 0 Å². The van der Waals surface area contributed by atoms with Gasteiger partial charge in [0, 0.05) is 5.02 Å². The van der Waals surface area contributed by atoms with Gasteiger partial charge < -0.3 is 5.32 Å². The van der Waals surface area contributed by atoms with Crippen molar-refractivity contribution in [3.8, 4) is 0 Å². The van der Waals surface area contributed by atoms with Crippen LogP contribution in [0, 0.1) is 0 Å². The van der Waals surface area contributed by atoms with Crippen LogP contribution in [0.25, 0.3) is 0 Å². The molecule has 3 nitrogen and oxygen atoms in total. The third-order valence-electron chi connectivity index (χ3n) is 2.47. The van der Waals surface area contributed by atoms with E-state index in [2.05, 4.69) is 14.1 Å². The highest BCUT2D eigenvalue weighted by Crippen LogP contribution is 2.22. The molecular weight excluding hydrogens is 242 g/mol. The Morgan fingerprint density at radius 2 is 2.25 bits per heavy atom. The lowest BCUT2D eigenvalue weighted by atomic mass is 10.0. The number of hydrogen-bond donors (Lipinski definition) is 1. The molecule has 84 valence electrons. The molecule has 1 unspecified atom stereocenters. The van der Waals surface area contributed by atoms with E-state index in [9.17, 15) is 0 Å². The van der Waals surface area contributed by atoms with Crippen LogP contribution >= 0.6 is 23.3 Å². The van der Waals surface area contributed by atoms with Crippen molar-refractivity contribution in [2.45, 2.75) is 12.5 Å². The molecule has 1 N–H and O–H groups in total. The molecule has 0 amide bonds. The molecule has 0 bridgehead atoms. The van der Waals surface area contributed by atoms with E-state index in [1.807, 2.05) is 31.3 Å². The van der Waals surface area contributed by atoms with Crippen LogP contribution in [0.1, 0.15) is 17.3 Å². The van der Waals surface area contributed by atoms with E-state index in [0.717, 1.165) is 22.7 Å². The van der Waals surface area contributed by atoms with Gasteiger partial charge in [-0.1, -0.05) is 29.8 Å². The van der Waals surface area contributed by atoms with E-state index >= 15 is 0 Å². The molecule has 1 aromatic heterocycles. The Kier molecular flexibility index (Phi) is 3.88. The van der Waals surface area contributed by atoms with Gasteiger partial charge in [-0.25, -0.2) is 0 Å². The van der Waals surface area contributed by atoms with Crippen LogP contribution < -0.4 is 5.32 Å². The summed E-state index contributed by atoms with van der Waals surface area (Å²) in [5, 5.41) is 4.02. The first-order valence-corrected chi connectivity index (χ1v) is 6.10. The number of nitrogens with one attached hydrogen (secondary N) is 1. The smallest absolute Gasteiger partial charge is 0.0915 e. The standard InChI is InChI=1S/C11H12ClN3S/c1-13-10(11-7-14-16-15-11)6-8-4-2-3-5-9(8)12/h2-5,7,10,13H,6H2,1H3. The second-order valence-electron chi connectivity index (χ2n) is 3.47. The maximum Gasteiger partial charge on any atom is 0.0915 e. The number of likely N-dealkylation sites (N-methyl/N-ethyl adjacent to an activating group) is 1. The van der Waals surface area contributed by atoms with Crippen LogP contribution in [0.2, 0.25) is 5.02 Å². The number of nitrogens with zero attached hydrogens (tertiary/aromatic N) is 2. The van der Waals surface area contributed by atoms with E-state index in [-0.39, 0.29) is 6.04 Å². The zero-order valence-corrected chi connectivity index (χ0v) is 10.4. The summed E-state index contributed by atoms with van der Waals surface area (Å²) < 4.78 is 8.25. The minimum Gasteiger partial charge on any atom is -0.311 e. The van der Waals surface area contributed by atoms with Crippen molar-refractivity contribution in [1.82, 2.24) is 14.1 Å². The first kappa shape index (κ1) is 11.5. The van der Waals surface area contributed by atoms with Gasteiger partial charge in [0.15, 0.2) is 0 Å². The maximum atomic E-state index is 6.13. The highest BCUT2D eigenvalue weighted by molar-refractivity contribution is 6.99. The molecule has 0 fully saturated rings. The van der Waals surface area contributed by atoms with Crippen LogP contribution in [0.3, 0.4) is 0 Å². The second kappa shape index (κ2) is 5.39. The molecule has 1 atom stereocenters. The predicted octanol–water partition coefficient (Wildman–Crippen LogP) is 2.69. The van der Waals surface area contributed by atoms with Crippen LogP contribution in [-0.2, 0) is 6.42 Å². The SMILES string of the molecule is CNC(Cc1ccccc1Cl)c1cnsn1. The molecule has 5 heteroatoms. The lowest BCUT2D eigenvalue weighted by molar-refractivity contribution is 0.580. The van der Waals surface area contributed by atoms with Crippen molar-refractivity contribution in [2.75, 3.05) is 7.05 Å². The molecule has 0 saturated carbocycles. The summed E-state index contributed by atoms with van der Waals surface area (Å²) in [6.07, 6.45) is 2.62. The summed E-state index contributed by atoms with van der Waals surface area (Å²) in [4.78, 5) is 0. The lowest BCUT2D eigenvalue weighted by Gasteiger charge is -2.14. The minimum absolute atomic E-state index is 0.165. The lowest BCUT2D eigenvalue weighted by Crippen LogP contribution is -2.19. The molecule has 16 heavy (non-hydrogen) atoms. The Labute approximate surface area is 104 Å². The van der Waals surface area contributed by atoms with Crippen molar-refractivity contribution in [3.63, 3.8) is 0 Å². The van der Waals surface area contributed by atoms with Crippen LogP contribution in [0.4, 0.5) is 0 Å². The van der Waals surface area contributed by atoms with E-state index in [1.54, 1.807) is 6.20 Å². The number of aromatic nitrogens is 2. The quantitative estimate of drug-likeness (QED) is 0.911. The molecule has 1 heterocycles. The number of benzene rings is 1. The summed E-state index contributed by atoms with van der Waals surface area (Å²) in [6.45, 7) is 0. The highest BCUT2D eigenvalue weighted by atomic mass is 35.5. The molecule has 1 aromatic carbocycles. The third-order valence-corrected chi connectivity index (χ3v) is 3.33. The molecule has 2 aromatic rings. The third kappa shape index (κ3) is 2.58. The van der Waals surface area contributed by atoms with Gasteiger partial charge in [-0.05, 0) is 25.1 Å². The first-order chi connectivity index (χ1) is 7.81. The van der Waals surface area contributed by atoms with Gasteiger partial charge in [-0.15, -0.1) is 0 Å². The second-order valence-corrected chi connectivity index (χ2v) is 4.43. The average Bonchev–Trinajstić information content (AvgIpc) is 2.81. The molecular formula is C11H12ClN3S. The van der Waals surface area contributed by atoms with Gasteiger partial charge in [-0.2, -0.15) is 8.75 Å². The van der Waals surface area contributed by atoms with E-state index in [1.165, 1.54) is 11.7 Å². The molecule has 0 aliphatic carbocycles. The van der Waals surface area contributed by atoms with E-state index in [0.29, 0.717) is 0 Å². The molecule has 2 rings (SSSR count). The van der Waals surface area contributed by atoms with E-state index in [4.69, 9.17) is 11.6 Å². The molecule has 0 aliphatic heterocycles. The highest BCUT2D eigenvalue weighted by Gasteiger charge is 2.14. The van der Waals surface area contributed by atoms with Gasteiger partial charge in [0.05, 0.1) is 29.7 Å². The molecule has 0 aliphatic rings. The summed E-state index contributed by atoms with van der Waals surface area (Å²) in [5.74, 6) is 0. The molecule has 0 radical (unpaired) electrons. The number of rotatable bonds is 4. The topological polar surface area (TPSA) is 37.8 Å². The normalized spacial score (nSPS) is 12.6. The zero-order chi connectivity index (χ0) is 11.4. The Morgan fingerprint density at radius 1 is 1.44 bits per heavy atom. The first-order valence-electron chi connectivity index (χ1n) is 4.99. The molecule has 0 spiro atoms.